The van der Waals surface area contributed by atoms with Crippen LogP contribution in [0, 0.1) is 0 Å². The summed E-state index contributed by atoms with van der Waals surface area (Å²) in [4.78, 5) is 15.7. The number of likely N-dealkylation sites (N-methyl/N-ethyl adjacent to an activating group) is 1. The fraction of sp³-hybridized carbons (Fsp3) is 0.938. The Kier molecular flexibility index (Phi) is 15.1. The van der Waals surface area contributed by atoms with Gasteiger partial charge in [0, 0.05) is 26.1 Å². The van der Waals surface area contributed by atoms with Crippen molar-refractivity contribution in [2.45, 2.75) is 73.3 Å². The van der Waals surface area contributed by atoms with Crippen molar-refractivity contribution in [3.05, 3.63) is 0 Å². The molecule has 1 fully saturated rings. The zero-order valence-electron chi connectivity index (χ0n) is 14.3. The Hall–Kier alpha value is -0.570. The van der Waals surface area contributed by atoms with Crippen molar-refractivity contribution in [2.24, 2.45) is 0 Å². The van der Waals surface area contributed by atoms with Gasteiger partial charge >= 0.3 is 0 Å². The summed E-state index contributed by atoms with van der Waals surface area (Å²) < 4.78 is 0. The Morgan fingerprint density at radius 3 is 2.32 bits per heavy atom. The van der Waals surface area contributed by atoms with E-state index in [9.17, 15) is 4.79 Å². The maximum absolute atomic E-state index is 11.4. The number of nitrogens with zero attached hydrogens (tertiary/aromatic N) is 2. The maximum Gasteiger partial charge on any atom is 0.219 e. The van der Waals surface area contributed by atoms with E-state index in [4.69, 9.17) is 0 Å². The second-order valence-corrected chi connectivity index (χ2v) is 4.62. The monoisotopic (exact) mass is 272 g/mol. The molecule has 0 bridgehead atoms. The molecule has 116 valence electrons. The summed E-state index contributed by atoms with van der Waals surface area (Å²) in [5, 5.41) is 0. The van der Waals surface area contributed by atoms with Gasteiger partial charge in [0.05, 0.1) is 0 Å². The fourth-order valence-electron chi connectivity index (χ4n) is 2.32. The Morgan fingerprint density at radius 1 is 1.26 bits per heavy atom. The first-order valence-electron chi connectivity index (χ1n) is 8.11. The van der Waals surface area contributed by atoms with Gasteiger partial charge in [-0.2, -0.15) is 0 Å². The summed E-state index contributed by atoms with van der Waals surface area (Å²) in [6.45, 7) is 15.1. The number of amides is 1. The maximum atomic E-state index is 11.4. The van der Waals surface area contributed by atoms with E-state index in [1.807, 2.05) is 32.6 Å². The van der Waals surface area contributed by atoms with E-state index in [2.05, 4.69) is 18.9 Å². The molecular formula is C16H36N2O. The summed E-state index contributed by atoms with van der Waals surface area (Å²) in [5.74, 6) is 0.237. The molecular weight excluding hydrogens is 236 g/mol. The van der Waals surface area contributed by atoms with Crippen LogP contribution in [-0.4, -0.2) is 48.4 Å². The molecule has 0 radical (unpaired) electrons. The third kappa shape index (κ3) is 9.04. The number of hydrogen-bond donors (Lipinski definition) is 0. The van der Waals surface area contributed by atoms with Gasteiger partial charge in [0.1, 0.15) is 0 Å². The first-order valence-corrected chi connectivity index (χ1v) is 8.11. The highest BCUT2D eigenvalue weighted by Crippen LogP contribution is 2.17. The van der Waals surface area contributed by atoms with Gasteiger partial charge in [-0.1, -0.05) is 41.0 Å². The summed E-state index contributed by atoms with van der Waals surface area (Å²) >= 11 is 0. The lowest BCUT2D eigenvalue weighted by molar-refractivity contribution is -0.129. The molecule has 0 spiro atoms. The van der Waals surface area contributed by atoms with Crippen molar-refractivity contribution in [1.29, 1.82) is 0 Å². The predicted molar refractivity (Wildman–Crippen MR) is 85.5 cm³/mol. The van der Waals surface area contributed by atoms with Gasteiger partial charge in [0.2, 0.25) is 5.91 Å². The Morgan fingerprint density at radius 2 is 1.84 bits per heavy atom. The van der Waals surface area contributed by atoms with Gasteiger partial charge in [-0.05, 0) is 32.9 Å². The molecule has 3 nitrogen and oxygen atoms in total. The molecule has 1 heterocycles. The summed E-state index contributed by atoms with van der Waals surface area (Å²) in [6, 6.07) is 0.462. The molecule has 1 aliphatic heterocycles. The van der Waals surface area contributed by atoms with Crippen LogP contribution >= 0.6 is 0 Å². The van der Waals surface area contributed by atoms with E-state index in [1.54, 1.807) is 6.92 Å². The smallest absolute Gasteiger partial charge is 0.219 e. The third-order valence-corrected chi connectivity index (χ3v) is 3.20. The topological polar surface area (TPSA) is 23.6 Å². The van der Waals surface area contributed by atoms with E-state index in [0.717, 1.165) is 19.6 Å². The summed E-state index contributed by atoms with van der Waals surface area (Å²) in [7, 11) is 2.16. The van der Waals surface area contributed by atoms with Crippen LogP contribution in [0.4, 0.5) is 0 Å². The molecule has 1 atom stereocenters. The first kappa shape index (κ1) is 20.7. The minimum atomic E-state index is 0.237. The van der Waals surface area contributed by atoms with Crippen LogP contribution in [-0.2, 0) is 4.79 Å². The van der Waals surface area contributed by atoms with Crippen molar-refractivity contribution < 1.29 is 4.79 Å². The number of likely N-dealkylation sites (tertiary alicyclic amines) is 1. The number of unbranched alkanes of at least 4 members (excludes halogenated alkanes) is 1. The van der Waals surface area contributed by atoms with Gasteiger partial charge in [0.25, 0.3) is 0 Å². The summed E-state index contributed by atoms with van der Waals surface area (Å²) in [6.07, 6.45) is 4.84. The molecule has 1 aliphatic rings. The second kappa shape index (κ2) is 13.9. The van der Waals surface area contributed by atoms with Gasteiger partial charge in [-0.15, -0.1) is 0 Å². The SMILES string of the molecule is CC.CC.CCCCN(C)CC1CCCN1C(C)=O. The van der Waals surface area contributed by atoms with E-state index >= 15 is 0 Å². The zero-order valence-corrected chi connectivity index (χ0v) is 14.3. The molecule has 1 rings (SSSR count). The van der Waals surface area contributed by atoms with Crippen molar-refractivity contribution in [3.63, 3.8) is 0 Å². The molecule has 0 aromatic heterocycles. The van der Waals surface area contributed by atoms with E-state index in [-0.39, 0.29) is 5.91 Å². The van der Waals surface area contributed by atoms with Crippen LogP contribution in [0.25, 0.3) is 0 Å². The van der Waals surface area contributed by atoms with Crippen molar-refractivity contribution in [2.75, 3.05) is 26.7 Å². The average molecular weight is 272 g/mol. The highest BCUT2D eigenvalue weighted by molar-refractivity contribution is 5.73. The van der Waals surface area contributed by atoms with Crippen molar-refractivity contribution in [1.82, 2.24) is 9.80 Å². The molecule has 1 unspecified atom stereocenters. The second-order valence-electron chi connectivity index (χ2n) is 4.62. The van der Waals surface area contributed by atoms with Crippen LogP contribution in [0.15, 0.2) is 0 Å². The van der Waals surface area contributed by atoms with Gasteiger partial charge in [-0.3, -0.25) is 4.79 Å². The van der Waals surface area contributed by atoms with Gasteiger partial charge in [-0.25, -0.2) is 0 Å². The Labute approximate surface area is 121 Å². The minimum absolute atomic E-state index is 0.237. The molecule has 0 aromatic rings. The Bertz CT molecular complexity index is 207. The Balaban J connectivity index is 0. The first-order chi connectivity index (χ1) is 9.15. The lowest BCUT2D eigenvalue weighted by Gasteiger charge is -2.27. The third-order valence-electron chi connectivity index (χ3n) is 3.20. The van der Waals surface area contributed by atoms with Crippen molar-refractivity contribution >= 4 is 5.91 Å². The number of rotatable bonds is 5. The zero-order chi connectivity index (χ0) is 15.3. The minimum Gasteiger partial charge on any atom is -0.339 e. The number of hydrogen-bond acceptors (Lipinski definition) is 2. The average Bonchev–Trinajstić information content (AvgIpc) is 2.89. The highest BCUT2D eigenvalue weighted by Gasteiger charge is 2.26. The molecule has 1 amide bonds. The quantitative estimate of drug-likeness (QED) is 0.760. The molecule has 0 saturated carbocycles. The van der Waals surface area contributed by atoms with E-state index in [0.29, 0.717) is 6.04 Å². The lowest BCUT2D eigenvalue weighted by Crippen LogP contribution is -2.41. The van der Waals surface area contributed by atoms with Crippen molar-refractivity contribution in [3.8, 4) is 0 Å². The highest BCUT2D eigenvalue weighted by atomic mass is 16.2. The fourth-order valence-corrected chi connectivity index (χ4v) is 2.32. The van der Waals surface area contributed by atoms with Crippen LogP contribution in [0.2, 0.25) is 0 Å². The predicted octanol–water partition coefficient (Wildman–Crippen LogP) is 3.78. The molecule has 0 aliphatic carbocycles. The van der Waals surface area contributed by atoms with Gasteiger partial charge < -0.3 is 9.80 Å². The molecule has 3 heteroatoms. The van der Waals surface area contributed by atoms with Crippen LogP contribution < -0.4 is 0 Å². The molecule has 1 saturated heterocycles. The molecule has 0 aromatic carbocycles. The largest absolute Gasteiger partial charge is 0.339 e. The molecule has 19 heavy (non-hydrogen) atoms. The van der Waals surface area contributed by atoms with Gasteiger partial charge in [0.15, 0.2) is 0 Å². The van der Waals surface area contributed by atoms with E-state index < -0.39 is 0 Å². The molecule has 0 N–H and O–H groups in total. The van der Waals surface area contributed by atoms with Crippen LogP contribution in [0.3, 0.4) is 0 Å². The number of carbonyl (C=O) groups excluding carboxylic acids is 1. The van der Waals surface area contributed by atoms with Crippen LogP contribution in [0.5, 0.6) is 0 Å². The van der Waals surface area contributed by atoms with E-state index in [1.165, 1.54) is 25.7 Å². The number of carbonyl (C=O) groups is 1. The van der Waals surface area contributed by atoms with Crippen LogP contribution in [0.1, 0.15) is 67.2 Å². The lowest BCUT2D eigenvalue weighted by atomic mass is 10.2. The normalized spacial score (nSPS) is 17.5. The standard InChI is InChI=1S/C12H24N2O.2C2H6/c1-4-5-8-13(3)10-12-7-6-9-14(12)11(2)15;2*1-2/h12H,4-10H2,1-3H3;2*1-2H3. The summed E-state index contributed by atoms with van der Waals surface area (Å²) in [5.41, 5.74) is 0.